The summed E-state index contributed by atoms with van der Waals surface area (Å²) in [4.78, 5) is 7.12. The number of methoxy groups -OCH3 is 1. The molecule has 0 aliphatic carbocycles. The fraction of sp³-hybridized carbons (Fsp3) is 0.160. The van der Waals surface area contributed by atoms with Crippen molar-refractivity contribution in [2.24, 2.45) is 0 Å². The summed E-state index contributed by atoms with van der Waals surface area (Å²) in [6.07, 6.45) is 0.954. The molecule has 150 valence electrons. The quantitative estimate of drug-likeness (QED) is 0.410. The van der Waals surface area contributed by atoms with Gasteiger partial charge in [0.1, 0.15) is 23.1 Å². The van der Waals surface area contributed by atoms with Crippen LogP contribution >= 0.6 is 0 Å². The maximum atomic E-state index is 13.1. The third-order valence-corrected chi connectivity index (χ3v) is 5.52. The van der Waals surface area contributed by atoms with Gasteiger partial charge in [-0.3, -0.25) is 4.98 Å². The number of pyridine rings is 1. The smallest absolute Gasteiger partial charge is 0.127 e. The number of aryl methyl sites for hydroxylation is 1. The highest BCUT2D eigenvalue weighted by Gasteiger charge is 2.26. The maximum Gasteiger partial charge on any atom is 0.127 e. The van der Waals surface area contributed by atoms with Crippen LogP contribution in [-0.4, -0.2) is 18.6 Å². The molecule has 0 bridgehead atoms. The Kier molecular flexibility index (Phi) is 4.51. The molecule has 1 aliphatic rings. The van der Waals surface area contributed by atoms with Crippen LogP contribution in [0, 0.1) is 12.7 Å². The molecule has 0 saturated carbocycles. The van der Waals surface area contributed by atoms with Crippen molar-refractivity contribution in [2.75, 3.05) is 18.6 Å². The predicted octanol–water partition coefficient (Wildman–Crippen LogP) is 6.18. The zero-order valence-corrected chi connectivity index (χ0v) is 16.9. The second-order valence-electron chi connectivity index (χ2n) is 7.36. The summed E-state index contributed by atoms with van der Waals surface area (Å²) < 4.78 is 24.4. The summed E-state index contributed by atoms with van der Waals surface area (Å²) in [6, 6.07) is 20.0. The Morgan fingerprint density at radius 2 is 1.57 bits per heavy atom. The van der Waals surface area contributed by atoms with Gasteiger partial charge in [0, 0.05) is 23.3 Å². The third-order valence-electron chi connectivity index (χ3n) is 5.52. The van der Waals surface area contributed by atoms with Crippen molar-refractivity contribution in [3.05, 3.63) is 83.8 Å². The summed E-state index contributed by atoms with van der Waals surface area (Å²) in [5.41, 5.74) is 5.61. The SMILES string of the molecule is COc1ccc2nc(C)c3c(c2c1)N(c1ccc(Oc2ccc(F)cc2)cc1)CC3. The van der Waals surface area contributed by atoms with Gasteiger partial charge in [0.15, 0.2) is 0 Å². The van der Waals surface area contributed by atoms with Gasteiger partial charge in [-0.1, -0.05) is 0 Å². The summed E-state index contributed by atoms with van der Waals surface area (Å²) in [6.45, 7) is 2.97. The van der Waals surface area contributed by atoms with E-state index in [0.717, 1.165) is 41.0 Å². The number of aromatic nitrogens is 1. The van der Waals surface area contributed by atoms with E-state index in [1.54, 1.807) is 19.2 Å². The van der Waals surface area contributed by atoms with Crippen LogP contribution in [0.15, 0.2) is 66.7 Å². The van der Waals surface area contributed by atoms with Crippen molar-refractivity contribution >= 4 is 22.3 Å². The molecular formula is C25H21FN2O2. The van der Waals surface area contributed by atoms with Crippen molar-refractivity contribution in [3.63, 3.8) is 0 Å². The Balaban J connectivity index is 1.50. The van der Waals surface area contributed by atoms with Crippen LogP contribution in [0.5, 0.6) is 17.2 Å². The molecular weight excluding hydrogens is 379 g/mol. The highest BCUT2D eigenvalue weighted by atomic mass is 19.1. The van der Waals surface area contributed by atoms with Gasteiger partial charge in [-0.2, -0.15) is 0 Å². The van der Waals surface area contributed by atoms with Crippen molar-refractivity contribution in [1.29, 1.82) is 0 Å². The molecule has 0 spiro atoms. The Bertz CT molecular complexity index is 1220. The van der Waals surface area contributed by atoms with Crippen LogP contribution in [0.2, 0.25) is 0 Å². The summed E-state index contributed by atoms with van der Waals surface area (Å²) in [5.74, 6) is 1.86. The third kappa shape index (κ3) is 3.22. The van der Waals surface area contributed by atoms with Gasteiger partial charge in [-0.15, -0.1) is 0 Å². The Hall–Kier alpha value is -3.60. The molecule has 0 unspecified atom stereocenters. The van der Waals surface area contributed by atoms with Gasteiger partial charge in [0.25, 0.3) is 0 Å². The molecule has 5 heteroatoms. The van der Waals surface area contributed by atoms with Gasteiger partial charge in [0.2, 0.25) is 0 Å². The highest BCUT2D eigenvalue weighted by molar-refractivity contribution is 5.98. The minimum atomic E-state index is -0.279. The van der Waals surface area contributed by atoms with E-state index in [1.165, 1.54) is 23.4 Å². The fourth-order valence-corrected chi connectivity index (χ4v) is 4.05. The fourth-order valence-electron chi connectivity index (χ4n) is 4.05. The Morgan fingerprint density at radius 3 is 2.27 bits per heavy atom. The molecule has 5 rings (SSSR count). The number of anilines is 2. The first kappa shape index (κ1) is 18.4. The summed E-state index contributed by atoms with van der Waals surface area (Å²) in [5, 5.41) is 1.10. The van der Waals surface area contributed by atoms with Crippen molar-refractivity contribution in [1.82, 2.24) is 4.98 Å². The number of hydrogen-bond acceptors (Lipinski definition) is 4. The number of benzene rings is 3. The van der Waals surface area contributed by atoms with Crippen LogP contribution in [0.1, 0.15) is 11.3 Å². The molecule has 0 amide bonds. The molecule has 4 nitrogen and oxygen atoms in total. The molecule has 0 saturated heterocycles. The van der Waals surface area contributed by atoms with E-state index < -0.39 is 0 Å². The number of nitrogens with zero attached hydrogens (tertiary/aromatic N) is 2. The monoisotopic (exact) mass is 400 g/mol. The average molecular weight is 400 g/mol. The van der Waals surface area contributed by atoms with Crippen molar-refractivity contribution in [2.45, 2.75) is 13.3 Å². The first-order valence-corrected chi connectivity index (χ1v) is 9.90. The number of halogens is 1. The molecule has 4 aromatic rings. The van der Waals surface area contributed by atoms with E-state index >= 15 is 0 Å². The average Bonchev–Trinajstić information content (AvgIpc) is 3.22. The van der Waals surface area contributed by atoms with Crippen molar-refractivity contribution in [3.8, 4) is 17.2 Å². The molecule has 1 aliphatic heterocycles. The zero-order chi connectivity index (χ0) is 20.7. The normalized spacial score (nSPS) is 12.8. The van der Waals surface area contributed by atoms with Crippen molar-refractivity contribution < 1.29 is 13.9 Å². The Labute approximate surface area is 174 Å². The van der Waals surface area contributed by atoms with Gasteiger partial charge >= 0.3 is 0 Å². The minimum Gasteiger partial charge on any atom is -0.497 e. The largest absolute Gasteiger partial charge is 0.497 e. The van der Waals surface area contributed by atoms with Gasteiger partial charge < -0.3 is 14.4 Å². The lowest BCUT2D eigenvalue weighted by molar-refractivity contribution is 0.415. The van der Waals surface area contributed by atoms with E-state index in [2.05, 4.69) is 30.0 Å². The van der Waals surface area contributed by atoms with E-state index in [4.69, 9.17) is 14.5 Å². The van der Waals surface area contributed by atoms with Crippen LogP contribution < -0.4 is 14.4 Å². The molecule has 0 fully saturated rings. The van der Waals surface area contributed by atoms with Crippen LogP contribution in [0.25, 0.3) is 10.9 Å². The van der Waals surface area contributed by atoms with Crippen LogP contribution in [0.3, 0.4) is 0 Å². The molecule has 0 N–H and O–H groups in total. The Morgan fingerprint density at radius 1 is 0.900 bits per heavy atom. The first-order valence-electron chi connectivity index (χ1n) is 9.90. The van der Waals surface area contributed by atoms with Crippen LogP contribution in [0.4, 0.5) is 15.8 Å². The minimum absolute atomic E-state index is 0.279. The van der Waals surface area contributed by atoms with E-state index in [1.807, 2.05) is 24.3 Å². The topological polar surface area (TPSA) is 34.6 Å². The van der Waals surface area contributed by atoms with E-state index in [9.17, 15) is 4.39 Å². The zero-order valence-electron chi connectivity index (χ0n) is 16.9. The molecule has 1 aromatic heterocycles. The maximum absolute atomic E-state index is 13.1. The summed E-state index contributed by atoms with van der Waals surface area (Å²) >= 11 is 0. The second-order valence-corrected chi connectivity index (χ2v) is 7.36. The number of rotatable bonds is 4. The lowest BCUT2D eigenvalue weighted by Crippen LogP contribution is -2.13. The molecule has 2 heterocycles. The van der Waals surface area contributed by atoms with E-state index in [-0.39, 0.29) is 5.82 Å². The molecule has 0 atom stereocenters. The van der Waals surface area contributed by atoms with Gasteiger partial charge in [-0.05, 0) is 85.6 Å². The standard InChI is InChI=1S/C25H21FN2O2/c1-16-22-13-14-28(25(22)23-15-21(29-2)11-12-24(23)27-16)18-5-9-20(10-6-18)30-19-7-3-17(26)4-8-19/h3-12,15H,13-14H2,1-2H3. The first-order chi connectivity index (χ1) is 14.6. The lowest BCUT2D eigenvalue weighted by Gasteiger charge is -2.22. The highest BCUT2D eigenvalue weighted by Crippen LogP contribution is 2.42. The summed E-state index contributed by atoms with van der Waals surface area (Å²) in [7, 11) is 1.68. The molecule has 0 radical (unpaired) electrons. The predicted molar refractivity (Wildman–Crippen MR) is 117 cm³/mol. The van der Waals surface area contributed by atoms with Crippen LogP contribution in [-0.2, 0) is 6.42 Å². The lowest BCUT2D eigenvalue weighted by atomic mass is 10.1. The van der Waals surface area contributed by atoms with Gasteiger partial charge in [-0.25, -0.2) is 4.39 Å². The second kappa shape index (κ2) is 7.34. The number of hydrogen-bond donors (Lipinski definition) is 0. The molecule has 30 heavy (non-hydrogen) atoms. The van der Waals surface area contributed by atoms with Gasteiger partial charge in [0.05, 0.1) is 18.3 Å². The van der Waals surface area contributed by atoms with E-state index in [0.29, 0.717) is 11.5 Å². The number of ether oxygens (including phenoxy) is 2. The molecule has 3 aromatic carbocycles. The number of fused-ring (bicyclic) bond motifs is 3.